The first-order valence-electron chi connectivity index (χ1n) is 6.63. The molecule has 0 atom stereocenters. The molecule has 1 saturated carbocycles. The molecule has 1 fully saturated rings. The second-order valence-corrected chi connectivity index (χ2v) is 5.03. The minimum Gasteiger partial charge on any atom is -0.461 e. The number of nitrogen functional groups attached to an aromatic ring is 1. The van der Waals surface area contributed by atoms with Crippen LogP contribution in [-0.2, 0) is 4.74 Å². The summed E-state index contributed by atoms with van der Waals surface area (Å²) in [7, 11) is 0. The smallest absolute Gasteiger partial charge is 0.359 e. The number of hydrogen-bond acceptors (Lipinski definition) is 5. The van der Waals surface area contributed by atoms with Crippen LogP contribution in [0, 0.1) is 0 Å². The normalized spacial score (nSPS) is 16.3. The zero-order chi connectivity index (χ0) is 13.8. The molecule has 0 radical (unpaired) electrons. The van der Waals surface area contributed by atoms with Gasteiger partial charge >= 0.3 is 5.97 Å². The van der Waals surface area contributed by atoms with Gasteiger partial charge in [-0.1, -0.05) is 19.3 Å². The second-order valence-electron chi connectivity index (χ2n) is 4.70. The Labute approximate surface area is 117 Å². The fourth-order valence-corrected chi connectivity index (χ4v) is 2.68. The van der Waals surface area contributed by atoms with Gasteiger partial charge in [-0.3, -0.25) is 0 Å². The van der Waals surface area contributed by atoms with Gasteiger partial charge in [0.15, 0.2) is 5.69 Å². The summed E-state index contributed by atoms with van der Waals surface area (Å²) in [5, 5.41) is 0.0535. The molecule has 1 heterocycles. The molecule has 0 amide bonds. The highest BCUT2D eigenvalue weighted by Crippen LogP contribution is 2.35. The molecule has 0 aliphatic heterocycles. The highest BCUT2D eigenvalue weighted by atomic mass is 35.5. The summed E-state index contributed by atoms with van der Waals surface area (Å²) in [6, 6.07) is 0. The van der Waals surface area contributed by atoms with Crippen LogP contribution in [0.15, 0.2) is 0 Å². The summed E-state index contributed by atoms with van der Waals surface area (Å²) >= 11 is 5.90. The maximum atomic E-state index is 11.8. The second kappa shape index (κ2) is 6.19. The molecule has 1 aliphatic carbocycles. The molecule has 5 nitrogen and oxygen atoms in total. The molecular weight excluding hydrogens is 266 g/mol. The summed E-state index contributed by atoms with van der Waals surface area (Å²) in [4.78, 5) is 19.9. The van der Waals surface area contributed by atoms with E-state index in [1.807, 2.05) is 0 Å². The molecule has 1 aromatic heterocycles. The fourth-order valence-electron chi connectivity index (χ4n) is 2.50. The van der Waals surface area contributed by atoms with Crippen molar-refractivity contribution in [1.82, 2.24) is 9.97 Å². The van der Waals surface area contributed by atoms with E-state index in [0.29, 0.717) is 11.4 Å². The summed E-state index contributed by atoms with van der Waals surface area (Å²) in [5.74, 6) is -0.274. The number of rotatable bonds is 3. The molecule has 1 aliphatic rings. The van der Waals surface area contributed by atoms with Gasteiger partial charge < -0.3 is 10.5 Å². The van der Waals surface area contributed by atoms with E-state index in [2.05, 4.69) is 9.97 Å². The predicted molar refractivity (Wildman–Crippen MR) is 73.2 cm³/mol. The van der Waals surface area contributed by atoms with Crippen molar-refractivity contribution >= 4 is 23.3 Å². The van der Waals surface area contributed by atoms with Gasteiger partial charge in [0.2, 0.25) is 5.28 Å². The predicted octanol–water partition coefficient (Wildman–Crippen LogP) is 2.94. The number of aromatic nitrogens is 2. The third-order valence-corrected chi connectivity index (χ3v) is 3.58. The van der Waals surface area contributed by atoms with Crippen LogP contribution in [-0.4, -0.2) is 22.5 Å². The number of hydrogen-bond donors (Lipinski definition) is 1. The van der Waals surface area contributed by atoms with Crippen LogP contribution in [0.4, 0.5) is 5.69 Å². The zero-order valence-electron chi connectivity index (χ0n) is 11.0. The van der Waals surface area contributed by atoms with E-state index in [4.69, 9.17) is 22.1 Å². The van der Waals surface area contributed by atoms with Crippen LogP contribution in [0.2, 0.25) is 5.28 Å². The lowest BCUT2D eigenvalue weighted by Crippen LogP contribution is -2.17. The number of carbonyl (C=O) groups is 1. The lowest BCUT2D eigenvalue weighted by Gasteiger charge is -2.22. The van der Waals surface area contributed by atoms with E-state index < -0.39 is 5.97 Å². The molecule has 19 heavy (non-hydrogen) atoms. The van der Waals surface area contributed by atoms with Crippen molar-refractivity contribution in [3.05, 3.63) is 16.7 Å². The number of nitrogens with zero attached hydrogens (tertiary/aromatic N) is 2. The van der Waals surface area contributed by atoms with Gasteiger partial charge in [-0.25, -0.2) is 14.8 Å². The van der Waals surface area contributed by atoms with Crippen molar-refractivity contribution in [3.8, 4) is 0 Å². The largest absolute Gasteiger partial charge is 0.461 e. The molecule has 1 aromatic rings. The Morgan fingerprint density at radius 1 is 1.37 bits per heavy atom. The van der Waals surface area contributed by atoms with Crippen molar-refractivity contribution in [2.45, 2.75) is 44.9 Å². The van der Waals surface area contributed by atoms with Crippen molar-refractivity contribution in [3.63, 3.8) is 0 Å². The first-order chi connectivity index (χ1) is 9.13. The Bertz CT molecular complexity index is 473. The van der Waals surface area contributed by atoms with Gasteiger partial charge in [0.25, 0.3) is 0 Å². The number of anilines is 1. The van der Waals surface area contributed by atoms with Gasteiger partial charge in [-0.15, -0.1) is 0 Å². The van der Waals surface area contributed by atoms with Crippen LogP contribution in [0.5, 0.6) is 0 Å². The topological polar surface area (TPSA) is 78.1 Å². The van der Waals surface area contributed by atoms with Gasteiger partial charge in [0.05, 0.1) is 18.0 Å². The highest BCUT2D eigenvalue weighted by Gasteiger charge is 2.25. The molecule has 0 unspecified atom stereocenters. The third kappa shape index (κ3) is 3.15. The van der Waals surface area contributed by atoms with E-state index in [1.54, 1.807) is 6.92 Å². The first kappa shape index (κ1) is 14.1. The maximum absolute atomic E-state index is 11.8. The van der Waals surface area contributed by atoms with Gasteiger partial charge in [-0.2, -0.15) is 0 Å². The van der Waals surface area contributed by atoms with E-state index in [0.717, 1.165) is 25.7 Å². The van der Waals surface area contributed by atoms with Crippen LogP contribution in [0.25, 0.3) is 0 Å². The van der Waals surface area contributed by atoms with Crippen LogP contribution in [0.1, 0.15) is 61.1 Å². The maximum Gasteiger partial charge on any atom is 0.359 e. The number of nitrogens with two attached hydrogens (primary N) is 1. The third-order valence-electron chi connectivity index (χ3n) is 3.41. The van der Waals surface area contributed by atoms with E-state index in [1.165, 1.54) is 6.42 Å². The van der Waals surface area contributed by atoms with Crippen molar-refractivity contribution in [1.29, 1.82) is 0 Å². The monoisotopic (exact) mass is 283 g/mol. The SMILES string of the molecule is CCOC(=O)c1nc(Cl)nc(C2CCCCC2)c1N. The Hall–Kier alpha value is -1.36. The average molecular weight is 284 g/mol. The Kier molecular flexibility index (Phi) is 4.58. The van der Waals surface area contributed by atoms with Crippen LogP contribution in [0.3, 0.4) is 0 Å². The Balaban J connectivity index is 2.35. The Morgan fingerprint density at radius 3 is 2.68 bits per heavy atom. The molecular formula is C13H18ClN3O2. The molecule has 6 heteroatoms. The van der Waals surface area contributed by atoms with E-state index in [9.17, 15) is 4.79 Å². The summed E-state index contributed by atoms with van der Waals surface area (Å²) in [6.07, 6.45) is 5.60. The van der Waals surface area contributed by atoms with Gasteiger partial charge in [0, 0.05) is 5.92 Å². The van der Waals surface area contributed by atoms with Crippen molar-refractivity contribution in [2.24, 2.45) is 0 Å². The molecule has 2 rings (SSSR count). The quantitative estimate of drug-likeness (QED) is 0.681. The standard InChI is InChI=1S/C13H18ClN3O2/c1-2-19-12(18)11-9(15)10(16-13(14)17-11)8-6-4-3-5-7-8/h8H,2-7,15H2,1H3. The summed E-state index contributed by atoms with van der Waals surface area (Å²) in [5.41, 5.74) is 7.13. The molecule has 0 aromatic carbocycles. The van der Waals surface area contributed by atoms with Crippen LogP contribution < -0.4 is 5.73 Å². The van der Waals surface area contributed by atoms with Gasteiger partial charge in [0.1, 0.15) is 0 Å². The summed E-state index contributed by atoms with van der Waals surface area (Å²) < 4.78 is 4.94. The number of halogens is 1. The molecule has 2 N–H and O–H groups in total. The highest BCUT2D eigenvalue weighted by molar-refractivity contribution is 6.28. The number of esters is 1. The first-order valence-corrected chi connectivity index (χ1v) is 7.01. The lowest BCUT2D eigenvalue weighted by molar-refractivity contribution is 0.0520. The minimum absolute atomic E-state index is 0.0535. The molecule has 0 bridgehead atoms. The molecule has 104 valence electrons. The van der Waals surface area contributed by atoms with Crippen LogP contribution >= 0.6 is 11.6 Å². The minimum atomic E-state index is -0.540. The molecule has 0 saturated heterocycles. The lowest BCUT2D eigenvalue weighted by atomic mass is 9.86. The Morgan fingerprint density at radius 2 is 2.05 bits per heavy atom. The average Bonchev–Trinajstić information content (AvgIpc) is 2.42. The summed E-state index contributed by atoms with van der Waals surface area (Å²) in [6.45, 7) is 2.01. The van der Waals surface area contributed by atoms with Gasteiger partial charge in [-0.05, 0) is 31.4 Å². The molecule has 0 spiro atoms. The van der Waals surface area contributed by atoms with E-state index in [-0.39, 0.29) is 23.5 Å². The zero-order valence-corrected chi connectivity index (χ0v) is 11.7. The van der Waals surface area contributed by atoms with Crippen molar-refractivity contribution < 1.29 is 9.53 Å². The van der Waals surface area contributed by atoms with Crippen molar-refractivity contribution in [2.75, 3.05) is 12.3 Å². The number of ether oxygens (including phenoxy) is 1. The number of carbonyl (C=O) groups excluding carboxylic acids is 1. The van der Waals surface area contributed by atoms with E-state index >= 15 is 0 Å². The fraction of sp³-hybridized carbons (Fsp3) is 0.615.